The Kier molecular flexibility index (Phi) is 10.4. The highest BCUT2D eigenvalue weighted by Gasteiger charge is 2.50. The molecule has 2 aromatic carbocycles. The highest BCUT2D eigenvalue weighted by atomic mass is 16.7. The predicted molar refractivity (Wildman–Crippen MR) is 176 cm³/mol. The third kappa shape index (κ3) is 9.51. The van der Waals surface area contributed by atoms with Gasteiger partial charge in [-0.25, -0.2) is 14.4 Å². The lowest BCUT2D eigenvalue weighted by molar-refractivity contribution is -0.0000733. The quantitative estimate of drug-likeness (QED) is 0.128. The molecule has 0 spiro atoms. The number of carbonyl (C=O) groups is 3. The lowest BCUT2D eigenvalue weighted by Gasteiger charge is -2.38. The van der Waals surface area contributed by atoms with Gasteiger partial charge in [-0.05, 0) is 86.9 Å². The Morgan fingerprint density at radius 3 is 2.06 bits per heavy atom. The summed E-state index contributed by atoms with van der Waals surface area (Å²) in [6, 6.07) is 12.6. The van der Waals surface area contributed by atoms with Crippen molar-refractivity contribution in [1.82, 2.24) is 4.90 Å². The Hall–Kier alpha value is -4.03. The molecular formula is C35H46BNO10. The summed E-state index contributed by atoms with van der Waals surface area (Å²) in [7, 11) is -0.696. The fourth-order valence-corrected chi connectivity index (χ4v) is 4.60. The van der Waals surface area contributed by atoms with Crippen molar-refractivity contribution in [2.45, 2.75) is 104 Å². The first-order valence-corrected chi connectivity index (χ1v) is 15.7. The Bertz CT molecular complexity index is 1470. The Labute approximate surface area is 277 Å². The molecule has 2 aromatic rings. The zero-order valence-electron chi connectivity index (χ0n) is 29.0. The van der Waals surface area contributed by atoms with Gasteiger partial charge in [-0.3, -0.25) is 0 Å². The zero-order chi connectivity index (χ0) is 34.8. The molecule has 0 saturated carbocycles. The van der Waals surface area contributed by atoms with Crippen LogP contribution in [0.3, 0.4) is 0 Å². The van der Waals surface area contributed by atoms with Crippen LogP contribution in [-0.2, 0) is 30.1 Å². The summed E-state index contributed by atoms with van der Waals surface area (Å²) in [5.41, 5.74) is -1.74. The number of hydrogen-bond donors (Lipinski definition) is 0. The van der Waals surface area contributed by atoms with E-state index in [1.165, 1.54) is 4.90 Å². The van der Waals surface area contributed by atoms with Crippen molar-refractivity contribution in [3.8, 4) is 11.5 Å². The van der Waals surface area contributed by atoms with E-state index in [2.05, 4.69) is 0 Å². The van der Waals surface area contributed by atoms with Gasteiger partial charge in [0.1, 0.15) is 35.2 Å². The van der Waals surface area contributed by atoms with Crippen molar-refractivity contribution in [3.05, 3.63) is 65.1 Å². The third-order valence-corrected chi connectivity index (χ3v) is 7.64. The van der Waals surface area contributed by atoms with Crippen molar-refractivity contribution in [2.24, 2.45) is 0 Å². The molecule has 2 aliphatic rings. The molecule has 11 nitrogen and oxygen atoms in total. The fourth-order valence-electron chi connectivity index (χ4n) is 4.60. The van der Waals surface area contributed by atoms with Crippen molar-refractivity contribution in [2.75, 3.05) is 13.1 Å². The van der Waals surface area contributed by atoms with Gasteiger partial charge in [0.05, 0.1) is 24.3 Å². The van der Waals surface area contributed by atoms with Gasteiger partial charge in [-0.1, -0.05) is 42.4 Å². The molecule has 1 amide bonds. The van der Waals surface area contributed by atoms with Gasteiger partial charge in [0, 0.05) is 5.56 Å². The number of carbonyl (C=O) groups excluding carboxylic acids is 3. The lowest BCUT2D eigenvalue weighted by atomic mass is 9.88. The van der Waals surface area contributed by atoms with Crippen molar-refractivity contribution in [3.63, 3.8) is 0 Å². The van der Waals surface area contributed by atoms with Gasteiger partial charge in [0.25, 0.3) is 0 Å². The number of hydrogen-bond acceptors (Lipinski definition) is 10. The van der Waals surface area contributed by atoms with Crippen LogP contribution < -0.4 is 9.47 Å². The highest BCUT2D eigenvalue weighted by molar-refractivity contribution is 6.52. The van der Waals surface area contributed by atoms with E-state index in [9.17, 15) is 14.4 Å². The molecule has 0 radical (unpaired) electrons. The second-order valence-electron chi connectivity index (χ2n) is 14.6. The molecule has 0 aliphatic carbocycles. The van der Waals surface area contributed by atoms with Crippen LogP contribution in [0.25, 0.3) is 6.08 Å². The fraction of sp³-hybridized carbons (Fsp3) is 0.514. The molecule has 0 N–H and O–H groups in total. The van der Waals surface area contributed by atoms with Crippen LogP contribution in [0.5, 0.6) is 11.5 Å². The monoisotopic (exact) mass is 651 g/mol. The van der Waals surface area contributed by atoms with E-state index in [4.69, 9.17) is 33.0 Å². The maximum Gasteiger partial charge on any atom is 0.514 e. The van der Waals surface area contributed by atoms with E-state index in [-0.39, 0.29) is 36.8 Å². The molecule has 12 heteroatoms. The van der Waals surface area contributed by atoms with Crippen LogP contribution >= 0.6 is 0 Å². The van der Waals surface area contributed by atoms with E-state index >= 15 is 0 Å². The van der Waals surface area contributed by atoms with Crippen LogP contribution in [0.2, 0.25) is 0 Å². The summed E-state index contributed by atoms with van der Waals surface area (Å²) in [5, 5.41) is 0. The first-order chi connectivity index (χ1) is 21.7. The average molecular weight is 652 g/mol. The Morgan fingerprint density at radius 1 is 0.894 bits per heavy atom. The van der Waals surface area contributed by atoms with Crippen LogP contribution in [0.4, 0.5) is 9.59 Å². The number of benzene rings is 2. The molecule has 0 aromatic heterocycles. The molecule has 2 aliphatic heterocycles. The zero-order valence-corrected chi connectivity index (χ0v) is 29.0. The van der Waals surface area contributed by atoms with E-state index in [0.717, 1.165) is 5.56 Å². The largest absolute Gasteiger partial charge is 0.514 e. The molecule has 0 atom stereocenters. The average Bonchev–Trinajstić information content (AvgIpc) is 3.12. The number of likely N-dealkylation sites (tertiary alicyclic amines) is 1. The van der Waals surface area contributed by atoms with Gasteiger partial charge in [-0.2, -0.15) is 0 Å². The highest BCUT2D eigenvalue weighted by Crippen LogP contribution is 2.39. The summed E-state index contributed by atoms with van der Waals surface area (Å²) in [5.74, 6) is 0.915. The summed E-state index contributed by atoms with van der Waals surface area (Å²) >= 11 is 0. The minimum atomic E-state index is -1.01. The molecule has 2 saturated heterocycles. The maximum atomic E-state index is 13.7. The van der Waals surface area contributed by atoms with Crippen molar-refractivity contribution < 1.29 is 47.4 Å². The molecule has 2 fully saturated rings. The standard InChI is InChI=1S/C35H46BNO10/c1-32(2,3)44-29(38)27-26(42-25-20-37(21-25)30(39)41-22-23-14-12-11-13-15-23)17-16-24(28(27)43-31(40)45-33(4,5)6)18-19-36-46-34(7,8)35(9,10)47-36/h11-19,25H,20-22H2,1-10H3/b19-18+. The van der Waals surface area contributed by atoms with E-state index in [1.807, 2.05) is 58.0 Å². The Morgan fingerprint density at radius 2 is 1.49 bits per heavy atom. The van der Waals surface area contributed by atoms with Gasteiger partial charge in [0.2, 0.25) is 0 Å². The van der Waals surface area contributed by atoms with Gasteiger partial charge < -0.3 is 37.9 Å². The van der Waals surface area contributed by atoms with Gasteiger partial charge >= 0.3 is 25.3 Å². The summed E-state index contributed by atoms with van der Waals surface area (Å²) in [6.07, 6.45) is -0.298. The topological polar surface area (TPSA) is 119 Å². The van der Waals surface area contributed by atoms with Crippen LogP contribution in [-0.4, -0.2) is 71.8 Å². The minimum absolute atomic E-state index is 0.105. The van der Waals surface area contributed by atoms with E-state index in [1.54, 1.807) is 65.7 Å². The normalized spacial score (nSPS) is 17.7. The molecule has 0 bridgehead atoms. The second-order valence-corrected chi connectivity index (χ2v) is 14.6. The first kappa shape index (κ1) is 35.8. The van der Waals surface area contributed by atoms with E-state index < -0.39 is 53.8 Å². The summed E-state index contributed by atoms with van der Waals surface area (Å²) in [4.78, 5) is 40.8. The molecule has 254 valence electrons. The number of rotatable bonds is 8. The Balaban J connectivity index is 1.61. The molecule has 47 heavy (non-hydrogen) atoms. The molecule has 2 heterocycles. The van der Waals surface area contributed by atoms with E-state index in [0.29, 0.717) is 5.56 Å². The lowest BCUT2D eigenvalue weighted by Crippen LogP contribution is -2.56. The summed E-state index contributed by atoms with van der Waals surface area (Å²) in [6.45, 7) is 18.7. The SMILES string of the molecule is CC(C)(C)OC(=O)Oc1c(/C=C/B2OC(C)(C)C(C)(C)O2)ccc(OC2CN(C(=O)OCc3ccccc3)C2)c1C(=O)OC(C)(C)C. The van der Waals surface area contributed by atoms with Gasteiger partial charge in [0.15, 0.2) is 5.75 Å². The second kappa shape index (κ2) is 13.6. The van der Waals surface area contributed by atoms with Crippen molar-refractivity contribution in [1.29, 1.82) is 0 Å². The van der Waals surface area contributed by atoms with Gasteiger partial charge in [-0.15, -0.1) is 0 Å². The number of amides is 1. The molecule has 0 unspecified atom stereocenters. The minimum Gasteiger partial charge on any atom is -0.486 e. The third-order valence-electron chi connectivity index (χ3n) is 7.64. The predicted octanol–water partition coefficient (Wildman–Crippen LogP) is 7.00. The number of esters is 1. The van der Waals surface area contributed by atoms with Crippen molar-refractivity contribution >= 4 is 31.4 Å². The number of ether oxygens (including phenoxy) is 5. The number of nitrogens with zero attached hydrogens (tertiary/aromatic N) is 1. The summed E-state index contributed by atoms with van der Waals surface area (Å²) < 4.78 is 40.7. The smallest absolute Gasteiger partial charge is 0.486 e. The van der Waals surface area contributed by atoms with Crippen LogP contribution in [0.15, 0.2) is 48.4 Å². The molecular weight excluding hydrogens is 605 g/mol. The maximum absolute atomic E-state index is 13.7. The van der Waals surface area contributed by atoms with Crippen LogP contribution in [0.1, 0.15) is 90.7 Å². The molecule has 4 rings (SSSR count). The van der Waals surface area contributed by atoms with Crippen LogP contribution in [0, 0.1) is 0 Å². The first-order valence-electron chi connectivity index (χ1n) is 15.7.